The van der Waals surface area contributed by atoms with Gasteiger partial charge >= 0.3 is 0 Å². The maximum absolute atomic E-state index is 13.4. The average molecular weight is 505 g/mol. The predicted octanol–water partition coefficient (Wildman–Crippen LogP) is 4.05. The highest BCUT2D eigenvalue weighted by atomic mass is 16.5. The molecule has 9 heteroatoms. The van der Waals surface area contributed by atoms with E-state index in [1.807, 2.05) is 13.0 Å². The lowest BCUT2D eigenvalue weighted by Crippen LogP contribution is -2.29. The second kappa shape index (κ2) is 10.6. The third-order valence-corrected chi connectivity index (χ3v) is 6.29. The molecule has 1 fully saturated rings. The number of carbonyl (C=O) groups is 2. The van der Waals surface area contributed by atoms with Crippen molar-refractivity contribution in [3.05, 3.63) is 82.7 Å². The number of benzene rings is 2. The molecule has 1 aromatic heterocycles. The SMILES string of the molecule is COc1ccc(C(O)=C2C(=O)C(=O)N(Cc3cccnc3)C2c2cc(OC)c(OC)c(OC)c2)cc1C. The molecule has 1 amide bonds. The van der Waals surface area contributed by atoms with Gasteiger partial charge in [-0.1, -0.05) is 6.07 Å². The highest BCUT2D eigenvalue weighted by molar-refractivity contribution is 6.46. The molecule has 1 aliphatic heterocycles. The summed E-state index contributed by atoms with van der Waals surface area (Å²) < 4.78 is 21.8. The lowest BCUT2D eigenvalue weighted by atomic mass is 9.94. The zero-order valence-corrected chi connectivity index (χ0v) is 21.3. The first-order chi connectivity index (χ1) is 17.8. The largest absolute Gasteiger partial charge is 0.507 e. The van der Waals surface area contributed by atoms with Gasteiger partial charge in [-0.05, 0) is 60.0 Å². The Hall–Kier alpha value is -4.53. The van der Waals surface area contributed by atoms with Crippen LogP contribution in [0.5, 0.6) is 23.0 Å². The van der Waals surface area contributed by atoms with Gasteiger partial charge in [0.2, 0.25) is 5.75 Å². The first kappa shape index (κ1) is 25.6. The number of ether oxygens (including phenoxy) is 4. The average Bonchev–Trinajstić information content (AvgIpc) is 3.17. The quantitative estimate of drug-likeness (QED) is 0.278. The Kier molecular flexibility index (Phi) is 7.33. The zero-order valence-electron chi connectivity index (χ0n) is 21.3. The molecule has 0 radical (unpaired) electrons. The van der Waals surface area contributed by atoms with Crippen LogP contribution in [0.4, 0.5) is 0 Å². The number of aromatic nitrogens is 1. The summed E-state index contributed by atoms with van der Waals surface area (Å²) in [6.45, 7) is 1.92. The Bertz CT molecular complexity index is 1340. The molecule has 1 unspecified atom stereocenters. The summed E-state index contributed by atoms with van der Waals surface area (Å²) in [5, 5.41) is 11.4. The monoisotopic (exact) mass is 504 g/mol. The molecular formula is C28H28N2O7. The van der Waals surface area contributed by atoms with Gasteiger partial charge < -0.3 is 29.0 Å². The minimum Gasteiger partial charge on any atom is -0.507 e. The van der Waals surface area contributed by atoms with Gasteiger partial charge in [-0.3, -0.25) is 14.6 Å². The van der Waals surface area contributed by atoms with Crippen LogP contribution < -0.4 is 18.9 Å². The summed E-state index contributed by atoms with van der Waals surface area (Å²) in [7, 11) is 6.00. The Morgan fingerprint density at radius 3 is 2.16 bits per heavy atom. The van der Waals surface area contributed by atoms with E-state index in [4.69, 9.17) is 18.9 Å². The van der Waals surface area contributed by atoms with Crippen LogP contribution in [0.1, 0.15) is 28.3 Å². The Balaban J connectivity index is 1.95. The number of pyridine rings is 1. The summed E-state index contributed by atoms with van der Waals surface area (Å²) in [5.41, 5.74) is 2.33. The standard InChI is InChI=1S/C28H28N2O7/c1-16-11-18(8-9-20(16)34-2)25(31)23-24(19-12-21(35-3)27(37-5)22(13-19)36-4)30(28(33)26(23)32)15-17-7-6-10-29-14-17/h6-14,24,31H,15H2,1-5H3. The molecule has 3 aromatic rings. The van der Waals surface area contributed by atoms with Crippen LogP contribution in [0.15, 0.2) is 60.4 Å². The van der Waals surface area contributed by atoms with E-state index < -0.39 is 17.7 Å². The van der Waals surface area contributed by atoms with Gasteiger partial charge in [0.25, 0.3) is 11.7 Å². The smallest absolute Gasteiger partial charge is 0.295 e. The van der Waals surface area contributed by atoms with E-state index >= 15 is 0 Å². The van der Waals surface area contributed by atoms with Crippen LogP contribution in [0.3, 0.4) is 0 Å². The van der Waals surface area contributed by atoms with Gasteiger partial charge in [0, 0.05) is 24.5 Å². The van der Waals surface area contributed by atoms with Crippen molar-refractivity contribution < 1.29 is 33.6 Å². The van der Waals surface area contributed by atoms with E-state index in [0.29, 0.717) is 34.1 Å². The maximum Gasteiger partial charge on any atom is 0.295 e. The van der Waals surface area contributed by atoms with E-state index in [9.17, 15) is 14.7 Å². The molecule has 0 saturated carbocycles. The van der Waals surface area contributed by atoms with Crippen molar-refractivity contribution in [1.29, 1.82) is 0 Å². The molecule has 0 bridgehead atoms. The number of nitrogens with zero attached hydrogens (tertiary/aromatic N) is 2. The molecule has 1 atom stereocenters. The van der Waals surface area contributed by atoms with Crippen LogP contribution in [-0.2, 0) is 16.1 Å². The lowest BCUT2D eigenvalue weighted by molar-refractivity contribution is -0.140. The molecule has 1 aliphatic rings. The number of aliphatic hydroxyl groups excluding tert-OH is 1. The molecule has 4 rings (SSSR count). The van der Waals surface area contributed by atoms with Gasteiger partial charge in [0.15, 0.2) is 11.5 Å². The summed E-state index contributed by atoms with van der Waals surface area (Å²) in [6, 6.07) is 11.0. The second-order valence-corrected chi connectivity index (χ2v) is 8.43. The van der Waals surface area contributed by atoms with Crippen molar-refractivity contribution in [2.45, 2.75) is 19.5 Å². The highest BCUT2D eigenvalue weighted by Crippen LogP contribution is 2.46. The molecule has 37 heavy (non-hydrogen) atoms. The molecule has 192 valence electrons. The van der Waals surface area contributed by atoms with Crippen LogP contribution >= 0.6 is 0 Å². The minimum atomic E-state index is -0.934. The van der Waals surface area contributed by atoms with Crippen molar-refractivity contribution in [3.8, 4) is 23.0 Å². The van der Waals surface area contributed by atoms with E-state index in [1.54, 1.807) is 55.9 Å². The predicted molar refractivity (Wildman–Crippen MR) is 136 cm³/mol. The number of aryl methyl sites for hydroxylation is 1. The normalized spacial score (nSPS) is 16.6. The van der Waals surface area contributed by atoms with Gasteiger partial charge in [0.1, 0.15) is 11.5 Å². The maximum atomic E-state index is 13.4. The van der Waals surface area contributed by atoms with Gasteiger partial charge in [-0.25, -0.2) is 0 Å². The zero-order chi connectivity index (χ0) is 26.7. The fraction of sp³-hybridized carbons (Fsp3) is 0.250. The molecule has 0 spiro atoms. The summed E-state index contributed by atoms with van der Waals surface area (Å²) in [4.78, 5) is 32.3. The molecule has 1 saturated heterocycles. The molecule has 2 heterocycles. The molecular weight excluding hydrogens is 476 g/mol. The van der Waals surface area contributed by atoms with Crippen molar-refractivity contribution in [1.82, 2.24) is 9.88 Å². The van der Waals surface area contributed by atoms with E-state index in [0.717, 1.165) is 11.1 Å². The van der Waals surface area contributed by atoms with Crippen LogP contribution in [0.2, 0.25) is 0 Å². The van der Waals surface area contributed by atoms with Gasteiger partial charge in [-0.2, -0.15) is 0 Å². The number of amides is 1. The first-order valence-corrected chi connectivity index (χ1v) is 11.5. The minimum absolute atomic E-state index is 0.0484. The van der Waals surface area contributed by atoms with Crippen molar-refractivity contribution >= 4 is 17.4 Å². The molecule has 1 N–H and O–H groups in total. The Morgan fingerprint density at radius 1 is 0.946 bits per heavy atom. The van der Waals surface area contributed by atoms with Crippen LogP contribution in [-0.4, -0.2) is 55.1 Å². The van der Waals surface area contributed by atoms with E-state index in [1.165, 1.54) is 26.2 Å². The number of likely N-dealkylation sites (tertiary alicyclic amines) is 1. The van der Waals surface area contributed by atoms with E-state index in [2.05, 4.69) is 4.98 Å². The summed E-state index contributed by atoms with van der Waals surface area (Å²) >= 11 is 0. The number of aliphatic hydroxyl groups is 1. The number of rotatable bonds is 8. The molecule has 9 nitrogen and oxygen atoms in total. The summed E-state index contributed by atoms with van der Waals surface area (Å²) in [5.74, 6) is -0.133. The van der Waals surface area contributed by atoms with Crippen molar-refractivity contribution in [2.24, 2.45) is 0 Å². The second-order valence-electron chi connectivity index (χ2n) is 8.43. The van der Waals surface area contributed by atoms with Crippen LogP contribution in [0, 0.1) is 6.92 Å². The number of methoxy groups -OCH3 is 4. The topological polar surface area (TPSA) is 107 Å². The molecule has 2 aromatic carbocycles. The number of hydrogen-bond acceptors (Lipinski definition) is 8. The Morgan fingerprint density at radius 2 is 1.62 bits per heavy atom. The fourth-order valence-corrected chi connectivity index (χ4v) is 4.52. The van der Waals surface area contributed by atoms with Crippen molar-refractivity contribution in [2.75, 3.05) is 28.4 Å². The number of carbonyl (C=O) groups excluding carboxylic acids is 2. The fourth-order valence-electron chi connectivity index (χ4n) is 4.52. The van der Waals surface area contributed by atoms with Crippen molar-refractivity contribution in [3.63, 3.8) is 0 Å². The van der Waals surface area contributed by atoms with Gasteiger partial charge in [-0.15, -0.1) is 0 Å². The first-order valence-electron chi connectivity index (χ1n) is 11.5. The number of hydrogen-bond donors (Lipinski definition) is 1. The van der Waals surface area contributed by atoms with Crippen LogP contribution in [0.25, 0.3) is 5.76 Å². The van der Waals surface area contributed by atoms with Gasteiger partial charge in [0.05, 0.1) is 40.1 Å². The molecule has 0 aliphatic carbocycles. The third-order valence-electron chi connectivity index (χ3n) is 6.29. The highest BCUT2D eigenvalue weighted by Gasteiger charge is 2.46. The Labute approximate surface area is 214 Å². The number of ketones is 1. The summed E-state index contributed by atoms with van der Waals surface area (Å²) in [6.07, 6.45) is 3.25. The lowest BCUT2D eigenvalue weighted by Gasteiger charge is -2.26. The van der Waals surface area contributed by atoms with E-state index in [-0.39, 0.29) is 17.9 Å². The third kappa shape index (κ3) is 4.67. The number of Topliss-reactive ketones (excluding diaryl/α,β-unsaturated/α-hetero) is 1.